The van der Waals surface area contributed by atoms with Crippen LogP contribution in [0.4, 0.5) is 4.39 Å². The molecule has 0 saturated carbocycles. The summed E-state index contributed by atoms with van der Waals surface area (Å²) in [6.45, 7) is 6.38. The Balaban J connectivity index is 2.87. The summed E-state index contributed by atoms with van der Waals surface area (Å²) in [6, 6.07) is 3.33. The third-order valence-electron chi connectivity index (χ3n) is 2.76. The molecule has 0 aliphatic carbocycles. The molecule has 1 heterocycles. The van der Waals surface area contributed by atoms with Crippen molar-refractivity contribution in [3.63, 3.8) is 0 Å². The van der Waals surface area contributed by atoms with Crippen molar-refractivity contribution in [2.75, 3.05) is 0 Å². The van der Waals surface area contributed by atoms with Gasteiger partial charge in [0.15, 0.2) is 11.4 Å². The quantitative estimate of drug-likeness (QED) is 0.837. The van der Waals surface area contributed by atoms with E-state index >= 15 is 0 Å². The number of hydrogen-bond donors (Lipinski definition) is 1. The molecule has 0 unspecified atom stereocenters. The Morgan fingerprint density at radius 3 is 2.53 bits per heavy atom. The van der Waals surface area contributed by atoms with Gasteiger partial charge in [-0.25, -0.2) is 4.39 Å². The monoisotopic (exact) mass is 255 g/mol. The minimum atomic E-state index is -0.519. The van der Waals surface area contributed by atoms with Crippen molar-refractivity contribution in [1.82, 2.24) is 0 Å². The van der Waals surface area contributed by atoms with Gasteiger partial charge >= 0.3 is 0 Å². The van der Waals surface area contributed by atoms with Gasteiger partial charge in [0.1, 0.15) is 5.76 Å². The average molecular weight is 256 g/mol. The number of hydrogen-bond acceptors (Lipinski definition) is 2. The molecule has 0 aliphatic rings. The number of furan rings is 1. The van der Waals surface area contributed by atoms with Crippen LogP contribution >= 0.6 is 11.6 Å². The maximum absolute atomic E-state index is 13.8. The lowest BCUT2D eigenvalue weighted by Crippen LogP contribution is -2.14. The standard InChI is InChI=1S/C13H15ClFNO/c1-13(2,3)10-7-4-5-8(14)11(15)12(7)17-9(10)6-16/h4-5H,6,16H2,1-3H3. The Morgan fingerprint density at radius 1 is 1.35 bits per heavy atom. The molecule has 1 aromatic heterocycles. The predicted octanol–water partition coefficient (Wildman–Crippen LogP) is 3.98. The molecule has 0 amide bonds. The minimum absolute atomic E-state index is 0.0651. The molecule has 0 spiro atoms. The normalized spacial score (nSPS) is 12.4. The first-order valence-electron chi connectivity index (χ1n) is 5.46. The fourth-order valence-electron chi connectivity index (χ4n) is 2.12. The molecule has 2 rings (SSSR count). The van der Waals surface area contributed by atoms with Crippen LogP contribution in [0.3, 0.4) is 0 Å². The Labute approximate surface area is 105 Å². The lowest BCUT2D eigenvalue weighted by Gasteiger charge is -2.18. The smallest absolute Gasteiger partial charge is 0.184 e. The summed E-state index contributed by atoms with van der Waals surface area (Å²) in [6.07, 6.45) is 0. The van der Waals surface area contributed by atoms with Crippen LogP contribution in [0.25, 0.3) is 11.0 Å². The van der Waals surface area contributed by atoms with Gasteiger partial charge in [-0.05, 0) is 17.5 Å². The molecule has 0 aliphatic heterocycles. The van der Waals surface area contributed by atoms with Gasteiger partial charge in [-0.15, -0.1) is 0 Å². The maximum atomic E-state index is 13.8. The Kier molecular flexibility index (Phi) is 2.92. The summed E-state index contributed by atoms with van der Waals surface area (Å²) in [4.78, 5) is 0. The van der Waals surface area contributed by atoms with E-state index in [0.717, 1.165) is 10.9 Å². The van der Waals surface area contributed by atoms with Gasteiger partial charge in [-0.3, -0.25) is 0 Å². The number of halogens is 2. The molecule has 2 nitrogen and oxygen atoms in total. The molecule has 92 valence electrons. The molecule has 0 saturated heterocycles. The highest BCUT2D eigenvalue weighted by molar-refractivity contribution is 6.31. The third-order valence-corrected chi connectivity index (χ3v) is 3.05. The molecule has 1 aromatic carbocycles. The Bertz CT molecular complexity index is 569. The van der Waals surface area contributed by atoms with Gasteiger partial charge in [-0.1, -0.05) is 32.4 Å². The van der Waals surface area contributed by atoms with Crippen LogP contribution in [-0.4, -0.2) is 0 Å². The van der Waals surface area contributed by atoms with E-state index in [1.54, 1.807) is 12.1 Å². The molecule has 0 fully saturated rings. The highest BCUT2D eigenvalue weighted by atomic mass is 35.5. The van der Waals surface area contributed by atoms with Gasteiger partial charge in [0.2, 0.25) is 0 Å². The first-order chi connectivity index (χ1) is 7.86. The maximum Gasteiger partial charge on any atom is 0.184 e. The Morgan fingerprint density at radius 2 is 2.00 bits per heavy atom. The van der Waals surface area contributed by atoms with Crippen molar-refractivity contribution in [3.05, 3.63) is 34.3 Å². The fraction of sp³-hybridized carbons (Fsp3) is 0.385. The number of fused-ring (bicyclic) bond motifs is 1. The minimum Gasteiger partial charge on any atom is -0.456 e. The molecule has 0 radical (unpaired) electrons. The fourth-order valence-corrected chi connectivity index (χ4v) is 2.27. The lowest BCUT2D eigenvalue weighted by molar-refractivity contribution is 0.496. The van der Waals surface area contributed by atoms with Crippen LogP contribution in [0.15, 0.2) is 16.5 Å². The summed E-state index contributed by atoms with van der Waals surface area (Å²) in [7, 11) is 0. The van der Waals surface area contributed by atoms with E-state index in [1.807, 2.05) is 20.8 Å². The van der Waals surface area contributed by atoms with Crippen LogP contribution in [0.2, 0.25) is 5.02 Å². The lowest BCUT2D eigenvalue weighted by atomic mass is 9.85. The van der Waals surface area contributed by atoms with Crippen LogP contribution < -0.4 is 5.73 Å². The van der Waals surface area contributed by atoms with Gasteiger partial charge in [-0.2, -0.15) is 0 Å². The molecule has 4 heteroatoms. The summed E-state index contributed by atoms with van der Waals surface area (Å²) < 4.78 is 19.4. The van der Waals surface area contributed by atoms with E-state index in [0.29, 0.717) is 5.76 Å². The first-order valence-corrected chi connectivity index (χ1v) is 5.84. The van der Waals surface area contributed by atoms with Crippen molar-refractivity contribution in [2.24, 2.45) is 5.73 Å². The van der Waals surface area contributed by atoms with Crippen LogP contribution in [0, 0.1) is 5.82 Å². The van der Waals surface area contributed by atoms with Crippen molar-refractivity contribution in [1.29, 1.82) is 0 Å². The molecule has 17 heavy (non-hydrogen) atoms. The van der Waals surface area contributed by atoms with Gasteiger partial charge in [0, 0.05) is 10.9 Å². The molecule has 0 bridgehead atoms. The first kappa shape index (κ1) is 12.4. The van der Waals surface area contributed by atoms with E-state index in [2.05, 4.69) is 0 Å². The number of nitrogens with two attached hydrogens (primary N) is 1. The number of benzene rings is 1. The highest BCUT2D eigenvalue weighted by Crippen LogP contribution is 2.37. The van der Waals surface area contributed by atoms with E-state index in [9.17, 15) is 4.39 Å². The van der Waals surface area contributed by atoms with Gasteiger partial charge < -0.3 is 10.2 Å². The molecular weight excluding hydrogens is 241 g/mol. The van der Waals surface area contributed by atoms with Gasteiger partial charge in [0.05, 0.1) is 11.6 Å². The predicted molar refractivity (Wildman–Crippen MR) is 67.8 cm³/mol. The highest BCUT2D eigenvalue weighted by Gasteiger charge is 2.26. The van der Waals surface area contributed by atoms with Crippen LogP contribution in [0.1, 0.15) is 32.1 Å². The summed E-state index contributed by atoms with van der Waals surface area (Å²) in [5.74, 6) is 0.100. The zero-order chi connectivity index (χ0) is 12.8. The largest absolute Gasteiger partial charge is 0.456 e. The van der Waals surface area contributed by atoms with Crippen molar-refractivity contribution >= 4 is 22.6 Å². The molecule has 2 aromatic rings. The topological polar surface area (TPSA) is 39.2 Å². The summed E-state index contributed by atoms with van der Waals surface area (Å²) in [5, 5.41) is 0.815. The second kappa shape index (κ2) is 4.00. The zero-order valence-corrected chi connectivity index (χ0v) is 10.9. The average Bonchev–Trinajstić information content (AvgIpc) is 2.62. The summed E-state index contributed by atoms with van der Waals surface area (Å²) >= 11 is 5.74. The Hall–Kier alpha value is -1.06. The second-order valence-electron chi connectivity index (χ2n) is 5.09. The SMILES string of the molecule is CC(C)(C)c1c(CN)oc2c(F)c(Cl)ccc12. The molecule has 2 N–H and O–H groups in total. The van der Waals surface area contributed by atoms with Gasteiger partial charge in [0.25, 0.3) is 0 Å². The van der Waals surface area contributed by atoms with E-state index in [-0.39, 0.29) is 22.6 Å². The van der Waals surface area contributed by atoms with E-state index in [4.69, 9.17) is 21.8 Å². The molecular formula is C13H15ClFNO. The van der Waals surface area contributed by atoms with Crippen molar-refractivity contribution < 1.29 is 8.81 Å². The van der Waals surface area contributed by atoms with Crippen LogP contribution in [-0.2, 0) is 12.0 Å². The number of rotatable bonds is 1. The van der Waals surface area contributed by atoms with Crippen LogP contribution in [0.5, 0.6) is 0 Å². The van der Waals surface area contributed by atoms with Crippen molar-refractivity contribution in [2.45, 2.75) is 32.7 Å². The van der Waals surface area contributed by atoms with E-state index < -0.39 is 5.82 Å². The van der Waals surface area contributed by atoms with E-state index in [1.165, 1.54) is 0 Å². The van der Waals surface area contributed by atoms with Crippen molar-refractivity contribution in [3.8, 4) is 0 Å². The third kappa shape index (κ3) is 1.94. The molecule has 0 atom stereocenters. The second-order valence-corrected chi connectivity index (χ2v) is 5.50. The zero-order valence-electron chi connectivity index (χ0n) is 10.1. The summed E-state index contributed by atoms with van der Waals surface area (Å²) in [5.41, 5.74) is 6.64.